The topological polar surface area (TPSA) is 45.7 Å². The van der Waals surface area contributed by atoms with Gasteiger partial charge >= 0.3 is 0 Å². The van der Waals surface area contributed by atoms with Crippen LogP contribution >= 0.6 is 0 Å². The summed E-state index contributed by atoms with van der Waals surface area (Å²) < 4.78 is 4.90. The van der Waals surface area contributed by atoms with E-state index in [1.165, 1.54) is 6.21 Å². The molecular weight excluding hydrogens is 118 g/mol. The van der Waals surface area contributed by atoms with E-state index in [-0.39, 0.29) is 0 Å². The summed E-state index contributed by atoms with van der Waals surface area (Å²) in [5.74, 6) is 0.565. The number of oxime groups is 1. The van der Waals surface area contributed by atoms with Crippen LogP contribution in [0.3, 0.4) is 0 Å². The summed E-state index contributed by atoms with van der Waals surface area (Å²) in [6.07, 6.45) is 2.84. The van der Waals surface area contributed by atoms with Crippen molar-refractivity contribution < 1.29 is 9.62 Å². The third-order valence-corrected chi connectivity index (χ3v) is 0.936. The Hall–Kier alpha value is -1.25. The van der Waals surface area contributed by atoms with Gasteiger partial charge in [-0.15, -0.1) is 0 Å². The van der Waals surface area contributed by atoms with E-state index in [4.69, 9.17) is 9.62 Å². The van der Waals surface area contributed by atoms with Gasteiger partial charge in [0.1, 0.15) is 12.0 Å². The second kappa shape index (κ2) is 2.35. The molecule has 1 aromatic heterocycles. The second-order valence-electron chi connectivity index (χ2n) is 1.77. The van der Waals surface area contributed by atoms with Crippen molar-refractivity contribution in [3.63, 3.8) is 0 Å². The van der Waals surface area contributed by atoms with Crippen LogP contribution in [0, 0.1) is 6.92 Å². The molecule has 9 heavy (non-hydrogen) atoms. The number of hydrogen-bond donors (Lipinski definition) is 1. The molecule has 0 aliphatic heterocycles. The summed E-state index contributed by atoms with van der Waals surface area (Å²) in [6, 6.07) is 1.78. The van der Waals surface area contributed by atoms with E-state index in [0.29, 0.717) is 5.76 Å². The lowest BCUT2D eigenvalue weighted by molar-refractivity contribution is 0.320. The summed E-state index contributed by atoms with van der Waals surface area (Å²) in [7, 11) is 0. The van der Waals surface area contributed by atoms with Gasteiger partial charge in [0.05, 0.1) is 6.26 Å². The highest BCUT2D eigenvalue weighted by Crippen LogP contribution is 2.02. The van der Waals surface area contributed by atoms with E-state index in [2.05, 4.69) is 5.16 Å². The first-order valence-corrected chi connectivity index (χ1v) is 2.55. The predicted octanol–water partition coefficient (Wildman–Crippen LogP) is 1.40. The zero-order valence-electron chi connectivity index (χ0n) is 5.03. The molecule has 3 nitrogen and oxygen atoms in total. The normalized spacial score (nSPS) is 10.8. The fourth-order valence-electron chi connectivity index (χ4n) is 0.578. The van der Waals surface area contributed by atoms with E-state index in [1.807, 2.05) is 6.92 Å². The van der Waals surface area contributed by atoms with E-state index in [1.54, 1.807) is 12.3 Å². The molecule has 1 aromatic rings. The zero-order chi connectivity index (χ0) is 6.69. The SMILES string of the molecule is Cc1coc(/C=N\O)c1. The van der Waals surface area contributed by atoms with Crippen LogP contribution in [-0.4, -0.2) is 11.4 Å². The molecule has 0 atom stereocenters. The molecule has 3 heteroatoms. The van der Waals surface area contributed by atoms with Crippen LogP contribution in [0.4, 0.5) is 0 Å². The van der Waals surface area contributed by atoms with Gasteiger partial charge in [-0.05, 0) is 18.6 Å². The van der Waals surface area contributed by atoms with Crippen LogP contribution in [0.15, 0.2) is 21.9 Å². The molecule has 0 aliphatic rings. The maximum Gasteiger partial charge on any atom is 0.148 e. The molecule has 0 spiro atoms. The van der Waals surface area contributed by atoms with Gasteiger partial charge in [-0.3, -0.25) is 0 Å². The van der Waals surface area contributed by atoms with Gasteiger partial charge in [-0.25, -0.2) is 0 Å². The Bertz CT molecular complexity index is 215. The highest BCUT2D eigenvalue weighted by atomic mass is 16.4. The zero-order valence-corrected chi connectivity index (χ0v) is 5.03. The fourth-order valence-corrected chi connectivity index (χ4v) is 0.578. The molecule has 1 heterocycles. The lowest BCUT2D eigenvalue weighted by Gasteiger charge is -1.74. The minimum absolute atomic E-state index is 0.565. The van der Waals surface area contributed by atoms with Crippen molar-refractivity contribution >= 4 is 6.21 Å². The summed E-state index contributed by atoms with van der Waals surface area (Å²) in [5.41, 5.74) is 1.02. The largest absolute Gasteiger partial charge is 0.463 e. The van der Waals surface area contributed by atoms with E-state index in [0.717, 1.165) is 5.56 Å². The molecule has 0 aromatic carbocycles. The van der Waals surface area contributed by atoms with E-state index >= 15 is 0 Å². The van der Waals surface area contributed by atoms with Crippen molar-refractivity contribution in [2.75, 3.05) is 0 Å². The molecule has 1 N–H and O–H groups in total. The lowest BCUT2D eigenvalue weighted by atomic mass is 10.3. The van der Waals surface area contributed by atoms with Gasteiger partial charge in [0.2, 0.25) is 0 Å². The highest BCUT2D eigenvalue weighted by molar-refractivity contribution is 5.75. The summed E-state index contributed by atoms with van der Waals surface area (Å²) in [5, 5.41) is 10.8. The summed E-state index contributed by atoms with van der Waals surface area (Å²) >= 11 is 0. The minimum Gasteiger partial charge on any atom is -0.463 e. The molecule has 0 fully saturated rings. The number of furan rings is 1. The maximum atomic E-state index is 8.04. The minimum atomic E-state index is 0.565. The first kappa shape index (κ1) is 5.88. The molecule has 0 unspecified atom stereocenters. The molecule has 48 valence electrons. The van der Waals surface area contributed by atoms with Crippen molar-refractivity contribution in [1.82, 2.24) is 0 Å². The molecule has 0 radical (unpaired) electrons. The quantitative estimate of drug-likeness (QED) is 0.350. The Morgan fingerprint density at radius 1 is 1.78 bits per heavy atom. The Kier molecular flexibility index (Phi) is 1.53. The third kappa shape index (κ3) is 1.32. The fraction of sp³-hybridized carbons (Fsp3) is 0.167. The van der Waals surface area contributed by atoms with Crippen molar-refractivity contribution in [3.05, 3.63) is 23.7 Å². The average Bonchev–Trinajstić information content (AvgIpc) is 2.17. The first-order chi connectivity index (χ1) is 4.33. The molecule has 0 aliphatic carbocycles. The molecule has 0 saturated carbocycles. The Morgan fingerprint density at radius 2 is 2.56 bits per heavy atom. The molecule has 1 rings (SSSR count). The number of nitrogens with zero attached hydrogens (tertiary/aromatic N) is 1. The van der Waals surface area contributed by atoms with Crippen LogP contribution in [0.5, 0.6) is 0 Å². The molecule has 0 amide bonds. The summed E-state index contributed by atoms with van der Waals surface area (Å²) in [6.45, 7) is 1.90. The van der Waals surface area contributed by atoms with Gasteiger partial charge in [0.25, 0.3) is 0 Å². The van der Waals surface area contributed by atoms with Gasteiger partial charge < -0.3 is 9.62 Å². The number of rotatable bonds is 1. The Balaban J connectivity index is 2.85. The number of aryl methyl sites for hydroxylation is 1. The molecule has 0 saturated heterocycles. The number of hydrogen-bond acceptors (Lipinski definition) is 3. The van der Waals surface area contributed by atoms with Crippen LogP contribution in [0.25, 0.3) is 0 Å². The van der Waals surface area contributed by atoms with Crippen molar-refractivity contribution in [1.29, 1.82) is 0 Å². The summed E-state index contributed by atoms with van der Waals surface area (Å²) in [4.78, 5) is 0. The van der Waals surface area contributed by atoms with Gasteiger partial charge in [0.15, 0.2) is 0 Å². The van der Waals surface area contributed by atoms with E-state index < -0.39 is 0 Å². The second-order valence-corrected chi connectivity index (χ2v) is 1.77. The van der Waals surface area contributed by atoms with Crippen LogP contribution in [-0.2, 0) is 0 Å². The highest BCUT2D eigenvalue weighted by Gasteiger charge is 1.91. The predicted molar refractivity (Wildman–Crippen MR) is 32.8 cm³/mol. The monoisotopic (exact) mass is 125 g/mol. The van der Waals surface area contributed by atoms with Gasteiger partial charge in [-0.2, -0.15) is 0 Å². The van der Waals surface area contributed by atoms with Crippen molar-refractivity contribution in [2.24, 2.45) is 5.16 Å². The Labute approximate surface area is 52.6 Å². The average molecular weight is 125 g/mol. The van der Waals surface area contributed by atoms with E-state index in [9.17, 15) is 0 Å². The standard InChI is InChI=1S/C6H7NO2/c1-5-2-6(3-7-8)9-4-5/h2-4,8H,1H3/b7-3-. The van der Waals surface area contributed by atoms with Crippen molar-refractivity contribution in [2.45, 2.75) is 6.92 Å². The van der Waals surface area contributed by atoms with Crippen LogP contribution in [0.1, 0.15) is 11.3 Å². The Morgan fingerprint density at radius 3 is 3.00 bits per heavy atom. The van der Waals surface area contributed by atoms with Crippen LogP contribution < -0.4 is 0 Å². The first-order valence-electron chi connectivity index (χ1n) is 2.55. The van der Waals surface area contributed by atoms with Crippen molar-refractivity contribution in [3.8, 4) is 0 Å². The smallest absolute Gasteiger partial charge is 0.148 e. The molecule has 0 bridgehead atoms. The molecular formula is C6H7NO2. The van der Waals surface area contributed by atoms with Crippen LogP contribution in [0.2, 0.25) is 0 Å². The van der Waals surface area contributed by atoms with Gasteiger partial charge in [0, 0.05) is 0 Å². The lowest BCUT2D eigenvalue weighted by Crippen LogP contribution is -1.71. The third-order valence-electron chi connectivity index (χ3n) is 0.936. The van der Waals surface area contributed by atoms with Gasteiger partial charge in [-0.1, -0.05) is 5.16 Å². The maximum absolute atomic E-state index is 8.04.